The van der Waals surface area contributed by atoms with Gasteiger partial charge in [0.1, 0.15) is 0 Å². The molecule has 1 saturated heterocycles. The van der Waals surface area contributed by atoms with Crippen molar-refractivity contribution >= 4 is 0 Å². The fourth-order valence-electron chi connectivity index (χ4n) is 3.22. The van der Waals surface area contributed by atoms with E-state index < -0.39 is 0 Å². The molecule has 2 heteroatoms. The molecule has 1 heterocycles. The van der Waals surface area contributed by atoms with Gasteiger partial charge in [0, 0.05) is 12.1 Å². The van der Waals surface area contributed by atoms with Crippen LogP contribution >= 0.6 is 0 Å². The SMILES string of the molecule is CNC1CCCC(N2CCCCC2)CC1. The maximum atomic E-state index is 3.45. The van der Waals surface area contributed by atoms with Crippen LogP contribution in [0, 0.1) is 0 Å². The molecule has 1 saturated carbocycles. The Bertz CT molecular complexity index is 175. The van der Waals surface area contributed by atoms with E-state index in [1.165, 1.54) is 64.5 Å². The summed E-state index contributed by atoms with van der Waals surface area (Å²) in [6, 6.07) is 1.70. The molecule has 2 unspecified atom stereocenters. The zero-order chi connectivity index (χ0) is 10.5. The van der Waals surface area contributed by atoms with Crippen LogP contribution in [-0.4, -0.2) is 37.1 Å². The van der Waals surface area contributed by atoms with Gasteiger partial charge in [0.15, 0.2) is 0 Å². The van der Waals surface area contributed by atoms with Crippen molar-refractivity contribution in [2.45, 2.75) is 63.5 Å². The van der Waals surface area contributed by atoms with Crippen molar-refractivity contribution in [1.29, 1.82) is 0 Å². The fourth-order valence-corrected chi connectivity index (χ4v) is 3.22. The highest BCUT2D eigenvalue weighted by Crippen LogP contribution is 2.24. The standard InChI is InChI=1S/C13H26N2/c1-14-12-6-5-7-13(9-8-12)15-10-3-2-4-11-15/h12-14H,2-11H2,1H3. The molecule has 1 aliphatic carbocycles. The van der Waals surface area contributed by atoms with Gasteiger partial charge in [0.05, 0.1) is 0 Å². The zero-order valence-electron chi connectivity index (χ0n) is 10.2. The molecule has 2 fully saturated rings. The molecule has 0 spiro atoms. The van der Waals surface area contributed by atoms with E-state index in [1.54, 1.807) is 0 Å². The minimum atomic E-state index is 0.791. The predicted octanol–water partition coefficient (Wildman–Crippen LogP) is 2.39. The second-order valence-electron chi connectivity index (χ2n) is 5.24. The van der Waals surface area contributed by atoms with Crippen molar-refractivity contribution in [1.82, 2.24) is 10.2 Å². The van der Waals surface area contributed by atoms with Gasteiger partial charge in [-0.2, -0.15) is 0 Å². The van der Waals surface area contributed by atoms with Crippen LogP contribution in [0.3, 0.4) is 0 Å². The molecule has 0 aromatic carbocycles. The van der Waals surface area contributed by atoms with Crippen molar-refractivity contribution in [3.05, 3.63) is 0 Å². The molecule has 0 amide bonds. The van der Waals surface area contributed by atoms with E-state index in [4.69, 9.17) is 0 Å². The fraction of sp³-hybridized carbons (Fsp3) is 1.00. The minimum Gasteiger partial charge on any atom is -0.317 e. The van der Waals surface area contributed by atoms with E-state index in [-0.39, 0.29) is 0 Å². The van der Waals surface area contributed by atoms with Crippen molar-refractivity contribution in [3.8, 4) is 0 Å². The van der Waals surface area contributed by atoms with Crippen LogP contribution in [0.4, 0.5) is 0 Å². The lowest BCUT2D eigenvalue weighted by atomic mass is 10.0. The summed E-state index contributed by atoms with van der Waals surface area (Å²) in [4.78, 5) is 2.77. The average molecular weight is 210 g/mol. The molecule has 2 rings (SSSR count). The van der Waals surface area contributed by atoms with Crippen LogP contribution in [0.1, 0.15) is 51.4 Å². The van der Waals surface area contributed by atoms with Crippen molar-refractivity contribution in [2.24, 2.45) is 0 Å². The lowest BCUT2D eigenvalue weighted by Gasteiger charge is -2.34. The van der Waals surface area contributed by atoms with Gasteiger partial charge in [-0.25, -0.2) is 0 Å². The molecule has 0 bridgehead atoms. The van der Waals surface area contributed by atoms with Crippen LogP contribution in [0.5, 0.6) is 0 Å². The lowest BCUT2D eigenvalue weighted by Crippen LogP contribution is -2.39. The summed E-state index contributed by atoms with van der Waals surface area (Å²) < 4.78 is 0. The van der Waals surface area contributed by atoms with Gasteiger partial charge in [0.25, 0.3) is 0 Å². The van der Waals surface area contributed by atoms with E-state index in [2.05, 4.69) is 17.3 Å². The molecular formula is C13H26N2. The molecule has 88 valence electrons. The highest BCUT2D eigenvalue weighted by atomic mass is 15.2. The smallest absolute Gasteiger partial charge is 0.00958 e. The van der Waals surface area contributed by atoms with Crippen LogP contribution in [0.15, 0.2) is 0 Å². The molecule has 0 radical (unpaired) electrons. The Morgan fingerprint density at radius 3 is 2.40 bits per heavy atom. The van der Waals surface area contributed by atoms with Gasteiger partial charge in [-0.15, -0.1) is 0 Å². The summed E-state index contributed by atoms with van der Waals surface area (Å²) in [7, 11) is 2.12. The average Bonchev–Trinajstić information content (AvgIpc) is 2.55. The number of rotatable bonds is 2. The first-order valence-electron chi connectivity index (χ1n) is 6.81. The van der Waals surface area contributed by atoms with Crippen molar-refractivity contribution in [2.75, 3.05) is 20.1 Å². The molecule has 2 nitrogen and oxygen atoms in total. The van der Waals surface area contributed by atoms with E-state index in [0.29, 0.717) is 0 Å². The molecule has 2 aliphatic rings. The number of hydrogen-bond acceptors (Lipinski definition) is 2. The molecule has 15 heavy (non-hydrogen) atoms. The van der Waals surface area contributed by atoms with Crippen LogP contribution in [-0.2, 0) is 0 Å². The number of piperidine rings is 1. The first kappa shape index (κ1) is 11.4. The van der Waals surface area contributed by atoms with Crippen molar-refractivity contribution in [3.63, 3.8) is 0 Å². The first-order valence-corrected chi connectivity index (χ1v) is 6.81. The van der Waals surface area contributed by atoms with Crippen LogP contribution in [0.25, 0.3) is 0 Å². The van der Waals surface area contributed by atoms with Gasteiger partial charge >= 0.3 is 0 Å². The Hall–Kier alpha value is -0.0800. The summed E-state index contributed by atoms with van der Waals surface area (Å²) in [5.41, 5.74) is 0. The van der Waals surface area contributed by atoms with Gasteiger partial charge in [-0.1, -0.05) is 12.8 Å². The van der Waals surface area contributed by atoms with Gasteiger partial charge < -0.3 is 10.2 Å². The van der Waals surface area contributed by atoms with E-state index in [0.717, 1.165) is 12.1 Å². The third-order valence-electron chi connectivity index (χ3n) is 4.25. The Balaban J connectivity index is 1.81. The third kappa shape index (κ3) is 3.18. The maximum Gasteiger partial charge on any atom is 0.00958 e. The largest absolute Gasteiger partial charge is 0.317 e. The van der Waals surface area contributed by atoms with Gasteiger partial charge in [-0.05, 0) is 58.7 Å². The second-order valence-corrected chi connectivity index (χ2v) is 5.24. The van der Waals surface area contributed by atoms with Crippen molar-refractivity contribution < 1.29 is 0 Å². The summed E-state index contributed by atoms with van der Waals surface area (Å²) in [5, 5.41) is 3.45. The first-order chi connectivity index (χ1) is 7.40. The third-order valence-corrected chi connectivity index (χ3v) is 4.25. The normalized spacial score (nSPS) is 35.0. The number of nitrogens with zero attached hydrogens (tertiary/aromatic N) is 1. The molecular weight excluding hydrogens is 184 g/mol. The summed E-state index contributed by atoms with van der Waals surface area (Å²) in [6.45, 7) is 2.74. The number of hydrogen-bond donors (Lipinski definition) is 1. The lowest BCUT2D eigenvalue weighted by molar-refractivity contribution is 0.148. The Morgan fingerprint density at radius 2 is 1.67 bits per heavy atom. The van der Waals surface area contributed by atoms with E-state index in [9.17, 15) is 0 Å². The molecule has 0 aromatic heterocycles. The zero-order valence-corrected chi connectivity index (χ0v) is 10.2. The molecule has 2 atom stereocenters. The molecule has 1 N–H and O–H groups in total. The van der Waals surface area contributed by atoms with Crippen LogP contribution in [0.2, 0.25) is 0 Å². The number of likely N-dealkylation sites (tertiary alicyclic amines) is 1. The second kappa shape index (κ2) is 5.86. The van der Waals surface area contributed by atoms with E-state index >= 15 is 0 Å². The Kier molecular flexibility index (Phi) is 4.45. The summed E-state index contributed by atoms with van der Waals surface area (Å²) >= 11 is 0. The Labute approximate surface area is 94.4 Å². The molecule has 1 aliphatic heterocycles. The van der Waals surface area contributed by atoms with E-state index in [1.807, 2.05) is 0 Å². The topological polar surface area (TPSA) is 15.3 Å². The summed E-state index contributed by atoms with van der Waals surface area (Å²) in [5.74, 6) is 0. The molecule has 0 aromatic rings. The number of nitrogens with one attached hydrogen (secondary N) is 1. The Morgan fingerprint density at radius 1 is 0.867 bits per heavy atom. The van der Waals surface area contributed by atoms with Gasteiger partial charge in [-0.3, -0.25) is 0 Å². The summed E-state index contributed by atoms with van der Waals surface area (Å²) in [6.07, 6.45) is 11.4. The maximum absolute atomic E-state index is 3.45. The monoisotopic (exact) mass is 210 g/mol. The minimum absolute atomic E-state index is 0.791. The highest BCUT2D eigenvalue weighted by Gasteiger charge is 2.23. The van der Waals surface area contributed by atoms with Gasteiger partial charge in [0.2, 0.25) is 0 Å². The predicted molar refractivity (Wildman–Crippen MR) is 65.1 cm³/mol. The quantitative estimate of drug-likeness (QED) is 0.704. The highest BCUT2D eigenvalue weighted by molar-refractivity contribution is 4.81. The van der Waals surface area contributed by atoms with Crippen LogP contribution < -0.4 is 5.32 Å².